The maximum atomic E-state index is 2.67. The van der Waals surface area contributed by atoms with Crippen LogP contribution in [0, 0.1) is 0 Å². The van der Waals surface area contributed by atoms with Crippen LogP contribution in [-0.4, -0.2) is 42.5 Å². The van der Waals surface area contributed by atoms with E-state index < -0.39 is 0 Å². The maximum absolute atomic E-state index is 2.67. The molecular weight excluding hydrogens is 196 g/mol. The van der Waals surface area contributed by atoms with Gasteiger partial charge in [-0.1, -0.05) is 24.3 Å². The standard InChI is InChI=1S/C14H20N2/c1-15-8-7-14(11-15)16-9-6-12-4-2-3-5-13(12)10-16/h2-5,14H,6-11H2,1H3. The van der Waals surface area contributed by atoms with Crippen molar-refractivity contribution in [3.05, 3.63) is 35.4 Å². The maximum Gasteiger partial charge on any atom is 0.0240 e. The van der Waals surface area contributed by atoms with Crippen molar-refractivity contribution < 1.29 is 0 Å². The van der Waals surface area contributed by atoms with Gasteiger partial charge in [-0.3, -0.25) is 4.90 Å². The van der Waals surface area contributed by atoms with E-state index in [1.54, 1.807) is 11.1 Å². The first-order chi connectivity index (χ1) is 7.83. The van der Waals surface area contributed by atoms with Crippen LogP contribution < -0.4 is 0 Å². The Morgan fingerprint density at radius 2 is 1.94 bits per heavy atom. The number of likely N-dealkylation sites (tertiary alicyclic amines) is 1. The number of nitrogens with zero attached hydrogens (tertiary/aromatic N) is 2. The Hall–Kier alpha value is -0.860. The van der Waals surface area contributed by atoms with Gasteiger partial charge in [0.1, 0.15) is 0 Å². The van der Waals surface area contributed by atoms with Crippen LogP contribution in [0.25, 0.3) is 0 Å². The van der Waals surface area contributed by atoms with E-state index in [0.717, 1.165) is 12.6 Å². The lowest BCUT2D eigenvalue weighted by Gasteiger charge is -2.33. The van der Waals surface area contributed by atoms with Gasteiger partial charge in [0.2, 0.25) is 0 Å². The van der Waals surface area contributed by atoms with Gasteiger partial charge in [0, 0.05) is 25.7 Å². The molecule has 2 heteroatoms. The highest BCUT2D eigenvalue weighted by Gasteiger charge is 2.27. The number of likely N-dealkylation sites (N-methyl/N-ethyl adjacent to an activating group) is 1. The van der Waals surface area contributed by atoms with Gasteiger partial charge >= 0.3 is 0 Å². The van der Waals surface area contributed by atoms with Crippen molar-refractivity contribution in [3.8, 4) is 0 Å². The number of hydrogen-bond donors (Lipinski definition) is 0. The highest BCUT2D eigenvalue weighted by molar-refractivity contribution is 5.29. The second-order valence-corrected chi connectivity index (χ2v) is 5.19. The monoisotopic (exact) mass is 216 g/mol. The molecule has 16 heavy (non-hydrogen) atoms. The SMILES string of the molecule is CN1CCC(N2CCc3ccccc3C2)C1. The van der Waals surface area contributed by atoms with Gasteiger partial charge in [-0.2, -0.15) is 0 Å². The van der Waals surface area contributed by atoms with Gasteiger partial charge in [-0.15, -0.1) is 0 Å². The van der Waals surface area contributed by atoms with Crippen LogP contribution in [0.4, 0.5) is 0 Å². The summed E-state index contributed by atoms with van der Waals surface area (Å²) in [7, 11) is 2.23. The second-order valence-electron chi connectivity index (χ2n) is 5.19. The third kappa shape index (κ3) is 1.87. The summed E-state index contributed by atoms with van der Waals surface area (Å²) in [6.07, 6.45) is 2.58. The quantitative estimate of drug-likeness (QED) is 0.705. The molecule has 2 nitrogen and oxygen atoms in total. The summed E-state index contributed by atoms with van der Waals surface area (Å²) in [5, 5.41) is 0. The molecule has 1 unspecified atom stereocenters. The normalized spacial score (nSPS) is 26.9. The van der Waals surface area contributed by atoms with E-state index >= 15 is 0 Å². The summed E-state index contributed by atoms with van der Waals surface area (Å²) in [4.78, 5) is 5.12. The zero-order chi connectivity index (χ0) is 11.0. The van der Waals surface area contributed by atoms with Crippen molar-refractivity contribution in [2.24, 2.45) is 0 Å². The van der Waals surface area contributed by atoms with E-state index in [9.17, 15) is 0 Å². The Morgan fingerprint density at radius 1 is 1.12 bits per heavy atom. The third-order valence-corrected chi connectivity index (χ3v) is 4.04. The molecule has 2 aliphatic heterocycles. The van der Waals surface area contributed by atoms with Crippen molar-refractivity contribution in [1.82, 2.24) is 9.80 Å². The Balaban J connectivity index is 1.73. The van der Waals surface area contributed by atoms with Crippen molar-refractivity contribution in [3.63, 3.8) is 0 Å². The molecule has 1 aromatic carbocycles. The molecule has 0 aromatic heterocycles. The first-order valence-electron chi connectivity index (χ1n) is 6.32. The number of benzene rings is 1. The van der Waals surface area contributed by atoms with E-state index in [-0.39, 0.29) is 0 Å². The minimum atomic E-state index is 0.790. The molecule has 1 aromatic rings. The van der Waals surface area contributed by atoms with Crippen LogP contribution in [0.3, 0.4) is 0 Å². The molecule has 0 spiro atoms. The molecule has 86 valence electrons. The summed E-state index contributed by atoms with van der Waals surface area (Å²) in [5.74, 6) is 0. The predicted octanol–water partition coefficient (Wildman–Crippen LogP) is 1.75. The average molecular weight is 216 g/mol. The molecule has 2 heterocycles. The Bertz CT molecular complexity index is 375. The van der Waals surface area contributed by atoms with E-state index in [4.69, 9.17) is 0 Å². The fraction of sp³-hybridized carbons (Fsp3) is 0.571. The molecule has 1 atom stereocenters. The van der Waals surface area contributed by atoms with E-state index in [0.29, 0.717) is 0 Å². The Labute approximate surface area is 97.9 Å². The molecule has 0 radical (unpaired) electrons. The fourth-order valence-corrected chi connectivity index (χ4v) is 3.04. The van der Waals surface area contributed by atoms with Crippen molar-refractivity contribution in [1.29, 1.82) is 0 Å². The van der Waals surface area contributed by atoms with Crippen molar-refractivity contribution in [2.75, 3.05) is 26.7 Å². The molecule has 0 saturated carbocycles. The van der Waals surface area contributed by atoms with Crippen molar-refractivity contribution in [2.45, 2.75) is 25.4 Å². The minimum absolute atomic E-state index is 0.790. The Morgan fingerprint density at radius 3 is 2.69 bits per heavy atom. The molecule has 0 N–H and O–H groups in total. The molecular formula is C14H20N2. The van der Waals surface area contributed by atoms with Gasteiger partial charge in [0.05, 0.1) is 0 Å². The zero-order valence-electron chi connectivity index (χ0n) is 10.0. The summed E-state index contributed by atoms with van der Waals surface area (Å²) in [6, 6.07) is 9.70. The summed E-state index contributed by atoms with van der Waals surface area (Å²) >= 11 is 0. The van der Waals surface area contributed by atoms with Crippen LogP contribution in [0.15, 0.2) is 24.3 Å². The molecule has 0 amide bonds. The lowest BCUT2D eigenvalue weighted by atomic mass is 9.98. The second kappa shape index (κ2) is 4.19. The minimum Gasteiger partial charge on any atom is -0.305 e. The van der Waals surface area contributed by atoms with Gasteiger partial charge in [0.15, 0.2) is 0 Å². The first-order valence-corrected chi connectivity index (χ1v) is 6.32. The van der Waals surface area contributed by atoms with Gasteiger partial charge in [-0.05, 0) is 37.6 Å². The largest absolute Gasteiger partial charge is 0.305 e. The Kier molecular flexibility index (Phi) is 2.70. The third-order valence-electron chi connectivity index (χ3n) is 4.04. The van der Waals surface area contributed by atoms with Crippen LogP contribution in [-0.2, 0) is 13.0 Å². The van der Waals surface area contributed by atoms with Gasteiger partial charge in [-0.25, -0.2) is 0 Å². The predicted molar refractivity (Wildman–Crippen MR) is 66.5 cm³/mol. The molecule has 2 aliphatic rings. The van der Waals surface area contributed by atoms with Crippen LogP contribution >= 0.6 is 0 Å². The smallest absolute Gasteiger partial charge is 0.0240 e. The highest BCUT2D eigenvalue weighted by atomic mass is 15.2. The molecule has 0 bridgehead atoms. The molecule has 0 aliphatic carbocycles. The van der Waals surface area contributed by atoms with E-state index in [2.05, 4.69) is 41.1 Å². The molecule has 1 fully saturated rings. The summed E-state index contributed by atoms with van der Waals surface area (Å²) in [6.45, 7) is 4.93. The van der Waals surface area contributed by atoms with E-state index in [1.807, 2.05) is 0 Å². The first kappa shape index (κ1) is 10.3. The fourth-order valence-electron chi connectivity index (χ4n) is 3.04. The van der Waals surface area contributed by atoms with Crippen LogP contribution in [0.1, 0.15) is 17.5 Å². The lowest BCUT2D eigenvalue weighted by Crippen LogP contribution is -2.40. The van der Waals surface area contributed by atoms with Crippen molar-refractivity contribution >= 4 is 0 Å². The van der Waals surface area contributed by atoms with Crippen LogP contribution in [0.5, 0.6) is 0 Å². The van der Waals surface area contributed by atoms with Crippen LogP contribution in [0.2, 0.25) is 0 Å². The number of fused-ring (bicyclic) bond motifs is 1. The molecule has 3 rings (SSSR count). The molecule has 1 saturated heterocycles. The zero-order valence-corrected chi connectivity index (χ0v) is 10.0. The average Bonchev–Trinajstić information content (AvgIpc) is 2.75. The highest BCUT2D eigenvalue weighted by Crippen LogP contribution is 2.23. The van der Waals surface area contributed by atoms with Gasteiger partial charge < -0.3 is 4.90 Å². The summed E-state index contributed by atoms with van der Waals surface area (Å²) < 4.78 is 0. The lowest BCUT2D eigenvalue weighted by molar-refractivity contribution is 0.181. The number of hydrogen-bond acceptors (Lipinski definition) is 2. The topological polar surface area (TPSA) is 6.48 Å². The number of rotatable bonds is 1. The summed E-state index contributed by atoms with van der Waals surface area (Å²) in [5.41, 5.74) is 3.11. The van der Waals surface area contributed by atoms with Gasteiger partial charge in [0.25, 0.3) is 0 Å². The van der Waals surface area contributed by atoms with E-state index in [1.165, 1.54) is 32.5 Å².